The topological polar surface area (TPSA) is 52.2 Å². The number of fused-ring (bicyclic) bond motifs is 1. The van der Waals surface area contributed by atoms with Crippen molar-refractivity contribution in [2.45, 2.75) is 0 Å². The van der Waals surface area contributed by atoms with Crippen molar-refractivity contribution in [2.24, 2.45) is 0 Å². The number of anilines is 1. The molecule has 1 aromatic heterocycles. The fourth-order valence-electron chi connectivity index (χ4n) is 3.06. The molecule has 0 saturated carbocycles. The Hall–Kier alpha value is -2.82. The van der Waals surface area contributed by atoms with Gasteiger partial charge in [0.15, 0.2) is 0 Å². The smallest absolute Gasteiger partial charge is 0.254 e. The first-order valence-electron chi connectivity index (χ1n) is 7.84. The molecule has 0 spiro atoms. The van der Waals surface area contributed by atoms with Gasteiger partial charge < -0.3 is 14.8 Å². The van der Waals surface area contributed by atoms with Gasteiger partial charge in [-0.05, 0) is 30.3 Å². The third-order valence-corrected chi connectivity index (χ3v) is 4.36. The predicted octanol–water partition coefficient (Wildman–Crippen LogP) is 2.53. The summed E-state index contributed by atoms with van der Waals surface area (Å²) in [6, 6.07) is 16.0. The Morgan fingerprint density at radius 2 is 1.78 bits per heavy atom. The van der Waals surface area contributed by atoms with Gasteiger partial charge in [0.05, 0.1) is 17.4 Å². The van der Waals surface area contributed by atoms with Gasteiger partial charge in [-0.25, -0.2) is 4.98 Å². The first-order chi connectivity index (χ1) is 11.3. The van der Waals surface area contributed by atoms with Crippen LogP contribution in [0.5, 0.6) is 0 Å². The van der Waals surface area contributed by atoms with Gasteiger partial charge in [-0.1, -0.05) is 18.2 Å². The zero-order valence-electron chi connectivity index (χ0n) is 12.8. The van der Waals surface area contributed by atoms with Gasteiger partial charge in [0.2, 0.25) is 0 Å². The quantitative estimate of drug-likeness (QED) is 0.791. The van der Waals surface area contributed by atoms with Crippen molar-refractivity contribution in [1.82, 2.24) is 14.9 Å². The van der Waals surface area contributed by atoms with E-state index >= 15 is 0 Å². The average Bonchev–Trinajstić information content (AvgIpc) is 3.10. The third kappa shape index (κ3) is 2.65. The maximum atomic E-state index is 12.7. The Morgan fingerprint density at radius 3 is 2.57 bits per heavy atom. The second-order valence-corrected chi connectivity index (χ2v) is 5.75. The number of piperazine rings is 1. The van der Waals surface area contributed by atoms with Crippen LogP contribution in [0.25, 0.3) is 11.0 Å². The molecule has 1 saturated heterocycles. The number of nitrogens with one attached hydrogen (secondary N) is 1. The van der Waals surface area contributed by atoms with Crippen molar-refractivity contribution in [1.29, 1.82) is 0 Å². The molecule has 23 heavy (non-hydrogen) atoms. The van der Waals surface area contributed by atoms with Crippen molar-refractivity contribution in [3.05, 3.63) is 60.4 Å². The van der Waals surface area contributed by atoms with Crippen LogP contribution in [0.3, 0.4) is 0 Å². The van der Waals surface area contributed by atoms with E-state index in [0.717, 1.165) is 42.8 Å². The van der Waals surface area contributed by atoms with Crippen LogP contribution in [0.4, 0.5) is 5.69 Å². The molecule has 116 valence electrons. The number of hydrogen-bond acceptors (Lipinski definition) is 3. The molecule has 1 amide bonds. The maximum absolute atomic E-state index is 12.7. The molecule has 0 aliphatic carbocycles. The number of carbonyl (C=O) groups excluding carboxylic acids is 1. The summed E-state index contributed by atoms with van der Waals surface area (Å²) in [4.78, 5) is 24.2. The van der Waals surface area contributed by atoms with E-state index in [1.165, 1.54) is 5.69 Å². The van der Waals surface area contributed by atoms with Crippen LogP contribution in [0.2, 0.25) is 0 Å². The SMILES string of the molecule is O=C(c1ccc2nc[nH]c2c1)N1CCN(c2ccccc2)CC1. The molecule has 0 bridgehead atoms. The number of imidazole rings is 1. The van der Waals surface area contributed by atoms with Crippen molar-refractivity contribution < 1.29 is 4.79 Å². The molecular formula is C18H18N4O. The molecular weight excluding hydrogens is 288 g/mol. The monoisotopic (exact) mass is 306 g/mol. The molecule has 5 heteroatoms. The summed E-state index contributed by atoms with van der Waals surface area (Å²) in [5, 5.41) is 0. The highest BCUT2D eigenvalue weighted by atomic mass is 16.2. The standard InChI is InChI=1S/C18H18N4O/c23-18(14-6-7-16-17(12-14)20-13-19-16)22-10-8-21(9-11-22)15-4-2-1-3-5-15/h1-7,12-13H,8-11H2,(H,19,20). The first kappa shape index (κ1) is 13.8. The molecule has 2 heterocycles. The molecule has 5 nitrogen and oxygen atoms in total. The van der Waals surface area contributed by atoms with Crippen molar-refractivity contribution in [2.75, 3.05) is 31.1 Å². The molecule has 4 rings (SSSR count). The summed E-state index contributed by atoms with van der Waals surface area (Å²) in [7, 11) is 0. The van der Waals surface area contributed by atoms with E-state index in [2.05, 4.69) is 27.0 Å². The predicted molar refractivity (Wildman–Crippen MR) is 90.7 cm³/mol. The largest absolute Gasteiger partial charge is 0.368 e. The van der Waals surface area contributed by atoms with Crippen LogP contribution in [0.1, 0.15) is 10.4 Å². The lowest BCUT2D eigenvalue weighted by Gasteiger charge is -2.36. The molecule has 2 aromatic carbocycles. The number of carbonyl (C=O) groups is 1. The number of benzene rings is 2. The van der Waals surface area contributed by atoms with Crippen LogP contribution < -0.4 is 4.90 Å². The number of para-hydroxylation sites is 1. The number of H-pyrrole nitrogens is 1. The molecule has 3 aromatic rings. The number of hydrogen-bond donors (Lipinski definition) is 1. The summed E-state index contributed by atoms with van der Waals surface area (Å²) < 4.78 is 0. The normalized spacial score (nSPS) is 15.1. The zero-order chi connectivity index (χ0) is 15.6. The van der Waals surface area contributed by atoms with Crippen LogP contribution in [-0.2, 0) is 0 Å². The Balaban J connectivity index is 1.46. The fraction of sp³-hybridized carbons (Fsp3) is 0.222. The Bertz CT molecular complexity index is 819. The molecule has 0 radical (unpaired) electrons. The van der Waals surface area contributed by atoms with E-state index < -0.39 is 0 Å². The molecule has 0 atom stereocenters. The number of amides is 1. The zero-order valence-corrected chi connectivity index (χ0v) is 12.8. The molecule has 0 unspecified atom stereocenters. The van der Waals surface area contributed by atoms with Gasteiger partial charge in [-0.15, -0.1) is 0 Å². The minimum absolute atomic E-state index is 0.0919. The second kappa shape index (κ2) is 5.76. The highest BCUT2D eigenvalue weighted by Crippen LogP contribution is 2.18. The Labute approximate surface area is 134 Å². The Morgan fingerprint density at radius 1 is 1.00 bits per heavy atom. The lowest BCUT2D eigenvalue weighted by Crippen LogP contribution is -2.48. The number of aromatic nitrogens is 2. The van der Waals surface area contributed by atoms with Crippen molar-refractivity contribution in [3.8, 4) is 0 Å². The van der Waals surface area contributed by atoms with Gasteiger partial charge in [0.1, 0.15) is 0 Å². The fourth-order valence-corrected chi connectivity index (χ4v) is 3.06. The molecule has 1 N–H and O–H groups in total. The van der Waals surface area contributed by atoms with E-state index in [1.807, 2.05) is 41.3 Å². The van der Waals surface area contributed by atoms with Gasteiger partial charge in [-0.3, -0.25) is 4.79 Å². The van der Waals surface area contributed by atoms with Crippen molar-refractivity contribution in [3.63, 3.8) is 0 Å². The highest BCUT2D eigenvalue weighted by Gasteiger charge is 2.22. The second-order valence-electron chi connectivity index (χ2n) is 5.75. The van der Waals surface area contributed by atoms with Gasteiger partial charge >= 0.3 is 0 Å². The van der Waals surface area contributed by atoms with E-state index in [1.54, 1.807) is 6.33 Å². The Kier molecular flexibility index (Phi) is 3.46. The number of nitrogens with zero attached hydrogens (tertiary/aromatic N) is 3. The van der Waals surface area contributed by atoms with E-state index in [9.17, 15) is 4.79 Å². The van der Waals surface area contributed by atoms with Gasteiger partial charge in [0.25, 0.3) is 5.91 Å². The molecule has 1 aliphatic heterocycles. The number of rotatable bonds is 2. The van der Waals surface area contributed by atoms with Crippen LogP contribution >= 0.6 is 0 Å². The van der Waals surface area contributed by atoms with Crippen LogP contribution in [0, 0.1) is 0 Å². The first-order valence-corrected chi connectivity index (χ1v) is 7.84. The summed E-state index contributed by atoms with van der Waals surface area (Å²) >= 11 is 0. The van der Waals surface area contributed by atoms with Gasteiger partial charge in [-0.2, -0.15) is 0 Å². The van der Waals surface area contributed by atoms with E-state index in [4.69, 9.17) is 0 Å². The number of aromatic amines is 1. The maximum Gasteiger partial charge on any atom is 0.254 e. The van der Waals surface area contributed by atoms with Crippen LogP contribution in [-0.4, -0.2) is 47.0 Å². The van der Waals surface area contributed by atoms with Crippen LogP contribution in [0.15, 0.2) is 54.9 Å². The summed E-state index contributed by atoms with van der Waals surface area (Å²) in [5.41, 5.74) is 3.72. The lowest BCUT2D eigenvalue weighted by molar-refractivity contribution is 0.0747. The van der Waals surface area contributed by atoms with E-state index in [-0.39, 0.29) is 5.91 Å². The van der Waals surface area contributed by atoms with E-state index in [0.29, 0.717) is 0 Å². The lowest BCUT2D eigenvalue weighted by atomic mass is 10.1. The minimum atomic E-state index is 0.0919. The average molecular weight is 306 g/mol. The minimum Gasteiger partial charge on any atom is -0.368 e. The summed E-state index contributed by atoms with van der Waals surface area (Å²) in [6.07, 6.45) is 1.65. The highest BCUT2D eigenvalue weighted by molar-refractivity contribution is 5.97. The van der Waals surface area contributed by atoms with Gasteiger partial charge in [0, 0.05) is 37.4 Å². The molecule has 1 aliphatic rings. The molecule has 1 fully saturated rings. The third-order valence-electron chi connectivity index (χ3n) is 4.36. The summed E-state index contributed by atoms with van der Waals surface area (Å²) in [5.74, 6) is 0.0919. The summed E-state index contributed by atoms with van der Waals surface area (Å²) in [6.45, 7) is 3.22. The van der Waals surface area contributed by atoms with Crippen molar-refractivity contribution >= 4 is 22.6 Å².